The number of rotatable bonds is 7. The average Bonchev–Trinajstić information content (AvgIpc) is 3.24. The molecule has 6 nitrogen and oxygen atoms in total. The minimum absolute atomic E-state index is 0.499. The van der Waals surface area contributed by atoms with Crippen molar-refractivity contribution in [1.82, 2.24) is 15.0 Å². The Bertz CT molecular complexity index is 1250. The Balaban J connectivity index is 1.47. The normalized spacial score (nSPS) is 10.9. The molecule has 0 saturated carbocycles. The van der Waals surface area contributed by atoms with Gasteiger partial charge in [0, 0.05) is 13.1 Å². The number of para-hydroxylation sites is 1. The molecule has 0 amide bonds. The zero-order valence-corrected chi connectivity index (χ0v) is 18.2. The number of nitrogens with zero attached hydrogens (tertiary/aromatic N) is 4. The quantitative estimate of drug-likeness (QED) is 0.343. The maximum absolute atomic E-state index is 6.58. The maximum atomic E-state index is 6.58. The fourth-order valence-corrected chi connectivity index (χ4v) is 4.44. The fourth-order valence-electron chi connectivity index (χ4n) is 3.58. The van der Waals surface area contributed by atoms with Gasteiger partial charge in [-0.1, -0.05) is 84.1 Å². The lowest BCUT2D eigenvalue weighted by Crippen LogP contribution is -2.24. The molecule has 0 bridgehead atoms. The highest BCUT2D eigenvalue weighted by molar-refractivity contribution is 7.22. The van der Waals surface area contributed by atoms with Crippen molar-refractivity contribution in [3.8, 4) is 0 Å². The number of hydrogen-bond donors (Lipinski definition) is 2. The molecule has 5 aromatic rings. The molecule has 2 heterocycles. The summed E-state index contributed by atoms with van der Waals surface area (Å²) in [6.07, 6.45) is 1.55. The highest BCUT2D eigenvalue weighted by atomic mass is 32.1. The van der Waals surface area contributed by atoms with Gasteiger partial charge < -0.3 is 16.0 Å². The number of hydrogen-bond acceptors (Lipinski definition) is 7. The average molecular weight is 439 g/mol. The summed E-state index contributed by atoms with van der Waals surface area (Å²) in [4.78, 5) is 15.8. The van der Waals surface area contributed by atoms with Gasteiger partial charge in [0.2, 0.25) is 0 Å². The van der Waals surface area contributed by atoms with E-state index in [9.17, 15) is 0 Å². The molecule has 0 saturated heterocycles. The van der Waals surface area contributed by atoms with Crippen molar-refractivity contribution in [2.24, 2.45) is 0 Å². The van der Waals surface area contributed by atoms with Crippen LogP contribution in [0.1, 0.15) is 11.1 Å². The predicted octanol–water partition coefficient (Wildman–Crippen LogP) is 5.62. The van der Waals surface area contributed by atoms with E-state index >= 15 is 0 Å². The van der Waals surface area contributed by atoms with Gasteiger partial charge in [-0.15, -0.1) is 0 Å². The third-order valence-electron chi connectivity index (χ3n) is 5.11. The molecule has 5 rings (SSSR count). The molecule has 0 aliphatic heterocycles. The summed E-state index contributed by atoms with van der Waals surface area (Å²) in [5.74, 6) is 1.25. The summed E-state index contributed by atoms with van der Waals surface area (Å²) in [6, 6.07) is 28.7. The molecule has 32 heavy (non-hydrogen) atoms. The lowest BCUT2D eigenvalue weighted by atomic mass is 10.1. The summed E-state index contributed by atoms with van der Waals surface area (Å²) in [7, 11) is 0. The Morgan fingerprint density at radius 1 is 0.781 bits per heavy atom. The second kappa shape index (κ2) is 9.03. The van der Waals surface area contributed by atoms with Gasteiger partial charge in [0.1, 0.15) is 12.0 Å². The van der Waals surface area contributed by atoms with Crippen LogP contribution in [0.15, 0.2) is 91.3 Å². The van der Waals surface area contributed by atoms with E-state index in [-0.39, 0.29) is 0 Å². The van der Waals surface area contributed by atoms with Crippen LogP contribution in [0.3, 0.4) is 0 Å². The van der Waals surface area contributed by atoms with Crippen LogP contribution < -0.4 is 16.0 Å². The molecule has 3 aromatic carbocycles. The van der Waals surface area contributed by atoms with Gasteiger partial charge in [-0.05, 0) is 23.3 Å². The molecular weight excluding hydrogens is 416 g/mol. The minimum atomic E-state index is 0.499. The molecule has 2 aromatic heterocycles. The van der Waals surface area contributed by atoms with Crippen LogP contribution in [0, 0.1) is 0 Å². The van der Waals surface area contributed by atoms with Gasteiger partial charge in [0.15, 0.2) is 16.8 Å². The number of fused-ring (bicyclic) bond motifs is 1. The van der Waals surface area contributed by atoms with Crippen molar-refractivity contribution in [3.63, 3.8) is 0 Å². The van der Waals surface area contributed by atoms with E-state index in [2.05, 4.69) is 49.4 Å². The Labute approximate surface area is 190 Å². The number of nitrogens with one attached hydrogen (secondary N) is 1. The standard InChI is InChI=1S/C25H22N6S/c26-22-23(30-25-29-20-13-7-8-14-21(20)32-25)27-17-28-24(22)31(15-18-9-3-1-4-10-18)16-19-11-5-2-6-12-19/h1-14,17H,15-16,26H2,(H,27,28,29,30). The number of anilines is 4. The van der Waals surface area contributed by atoms with E-state index in [4.69, 9.17) is 5.73 Å². The Morgan fingerprint density at radius 3 is 2.06 bits per heavy atom. The van der Waals surface area contributed by atoms with Crippen molar-refractivity contribution in [2.45, 2.75) is 13.1 Å². The third-order valence-corrected chi connectivity index (χ3v) is 6.07. The summed E-state index contributed by atoms with van der Waals surface area (Å²) < 4.78 is 1.11. The summed E-state index contributed by atoms with van der Waals surface area (Å²) >= 11 is 1.57. The van der Waals surface area contributed by atoms with Crippen LogP contribution in [-0.4, -0.2) is 15.0 Å². The first-order valence-corrected chi connectivity index (χ1v) is 11.1. The predicted molar refractivity (Wildman–Crippen MR) is 132 cm³/mol. The number of benzene rings is 3. The second-order valence-corrected chi connectivity index (χ2v) is 8.43. The van der Waals surface area contributed by atoms with Gasteiger partial charge in [0.25, 0.3) is 0 Å². The Hall–Kier alpha value is -3.97. The number of nitrogens with two attached hydrogens (primary N) is 1. The molecule has 0 atom stereocenters. The maximum Gasteiger partial charge on any atom is 0.189 e. The van der Waals surface area contributed by atoms with Gasteiger partial charge in [-0.3, -0.25) is 0 Å². The molecule has 0 radical (unpaired) electrons. The molecular formula is C25H22N6S. The molecule has 0 aliphatic carbocycles. The number of aromatic nitrogens is 3. The van der Waals surface area contributed by atoms with Gasteiger partial charge >= 0.3 is 0 Å². The number of thiazole rings is 1. The first kappa shape index (κ1) is 20.0. The number of nitrogen functional groups attached to an aromatic ring is 1. The Morgan fingerprint density at radius 2 is 1.41 bits per heavy atom. The molecule has 0 spiro atoms. The van der Waals surface area contributed by atoms with E-state index in [0.717, 1.165) is 15.3 Å². The van der Waals surface area contributed by atoms with Gasteiger partial charge in [0.05, 0.1) is 10.2 Å². The molecule has 0 aliphatic rings. The third kappa shape index (κ3) is 4.38. The summed E-state index contributed by atoms with van der Waals surface area (Å²) in [6.45, 7) is 1.36. The van der Waals surface area contributed by atoms with E-state index < -0.39 is 0 Å². The molecule has 0 fully saturated rings. The van der Waals surface area contributed by atoms with E-state index in [0.29, 0.717) is 30.4 Å². The lowest BCUT2D eigenvalue weighted by molar-refractivity contribution is 0.782. The van der Waals surface area contributed by atoms with Crippen molar-refractivity contribution in [2.75, 3.05) is 16.0 Å². The van der Waals surface area contributed by atoms with Crippen LogP contribution in [0.2, 0.25) is 0 Å². The lowest BCUT2D eigenvalue weighted by Gasteiger charge is -2.26. The zero-order chi connectivity index (χ0) is 21.8. The smallest absolute Gasteiger partial charge is 0.189 e. The van der Waals surface area contributed by atoms with Crippen LogP contribution in [0.25, 0.3) is 10.2 Å². The van der Waals surface area contributed by atoms with Crippen molar-refractivity contribution < 1.29 is 0 Å². The van der Waals surface area contributed by atoms with Gasteiger partial charge in [-0.25, -0.2) is 15.0 Å². The zero-order valence-electron chi connectivity index (χ0n) is 17.3. The summed E-state index contributed by atoms with van der Waals surface area (Å²) in [5.41, 5.74) is 10.4. The first-order valence-electron chi connectivity index (χ1n) is 10.3. The monoisotopic (exact) mass is 438 g/mol. The Kier molecular flexibility index (Phi) is 5.63. The highest BCUT2D eigenvalue weighted by Crippen LogP contribution is 2.33. The molecule has 158 valence electrons. The van der Waals surface area contributed by atoms with Gasteiger partial charge in [-0.2, -0.15) is 0 Å². The van der Waals surface area contributed by atoms with Crippen molar-refractivity contribution in [1.29, 1.82) is 0 Å². The van der Waals surface area contributed by atoms with Crippen LogP contribution in [0.5, 0.6) is 0 Å². The van der Waals surface area contributed by atoms with E-state index in [1.807, 2.05) is 60.7 Å². The fraction of sp³-hybridized carbons (Fsp3) is 0.0800. The van der Waals surface area contributed by atoms with Crippen molar-refractivity contribution in [3.05, 3.63) is 102 Å². The highest BCUT2D eigenvalue weighted by Gasteiger charge is 2.17. The van der Waals surface area contributed by atoms with Crippen molar-refractivity contribution >= 4 is 44.0 Å². The van der Waals surface area contributed by atoms with E-state index in [1.165, 1.54) is 11.1 Å². The van der Waals surface area contributed by atoms with Crippen LogP contribution >= 0.6 is 11.3 Å². The van der Waals surface area contributed by atoms with Crippen LogP contribution in [0.4, 0.5) is 22.5 Å². The molecule has 0 unspecified atom stereocenters. The second-order valence-electron chi connectivity index (χ2n) is 7.40. The largest absolute Gasteiger partial charge is 0.393 e. The topological polar surface area (TPSA) is 80.0 Å². The summed E-state index contributed by atoms with van der Waals surface area (Å²) in [5, 5.41) is 4.04. The van der Waals surface area contributed by atoms with E-state index in [1.54, 1.807) is 17.7 Å². The first-order chi connectivity index (χ1) is 15.8. The minimum Gasteiger partial charge on any atom is -0.393 e. The SMILES string of the molecule is Nc1c(Nc2nc3ccccc3s2)ncnc1N(Cc1ccccc1)Cc1ccccc1. The van der Waals surface area contributed by atoms with Crippen LogP contribution in [-0.2, 0) is 13.1 Å². The molecule has 7 heteroatoms. The molecule has 3 N–H and O–H groups in total.